The van der Waals surface area contributed by atoms with Crippen LogP contribution in [0.15, 0.2) is 82.2 Å². The summed E-state index contributed by atoms with van der Waals surface area (Å²) >= 11 is 0. The number of rotatable bonds is 6. The number of hydrogen-bond donors (Lipinski definition) is 1. The summed E-state index contributed by atoms with van der Waals surface area (Å²) in [5.74, 6) is 0.574. The number of carbonyl (C=O) groups is 1. The van der Waals surface area contributed by atoms with Gasteiger partial charge in [-0.05, 0) is 43.7 Å². The highest BCUT2D eigenvalue weighted by molar-refractivity contribution is 6.04. The lowest BCUT2D eigenvalue weighted by molar-refractivity contribution is 0.0933. The highest BCUT2D eigenvalue weighted by atomic mass is 16.3. The van der Waals surface area contributed by atoms with E-state index in [1.54, 1.807) is 42.7 Å². The van der Waals surface area contributed by atoms with Gasteiger partial charge in [-0.25, -0.2) is 0 Å². The molecule has 0 aliphatic rings. The normalized spacial score (nSPS) is 12.0. The van der Waals surface area contributed by atoms with Crippen LogP contribution in [-0.4, -0.2) is 21.7 Å². The Morgan fingerprint density at radius 1 is 1.03 bits per heavy atom. The number of furan rings is 1. The third kappa shape index (κ3) is 3.96. The van der Waals surface area contributed by atoms with Crippen molar-refractivity contribution in [1.29, 1.82) is 0 Å². The van der Waals surface area contributed by atoms with Crippen LogP contribution in [0.2, 0.25) is 0 Å². The van der Waals surface area contributed by atoms with Crippen LogP contribution >= 0.6 is 0 Å². The number of aryl methyl sites for hydroxylation is 1. The van der Waals surface area contributed by atoms with Crippen LogP contribution in [0.3, 0.4) is 0 Å². The Morgan fingerprint density at radius 2 is 1.76 bits per heavy atom. The molecule has 1 atom stereocenters. The minimum Gasteiger partial charge on any atom is -0.469 e. The van der Waals surface area contributed by atoms with E-state index < -0.39 is 0 Å². The van der Waals surface area contributed by atoms with Crippen molar-refractivity contribution in [2.75, 3.05) is 0 Å². The fraction of sp³-hybridized carbons (Fsp3) is 0.174. The summed E-state index contributed by atoms with van der Waals surface area (Å²) in [6.45, 7) is 1.94. The van der Waals surface area contributed by atoms with Gasteiger partial charge in [0.15, 0.2) is 5.69 Å². The van der Waals surface area contributed by atoms with Gasteiger partial charge in [-0.15, -0.1) is 0 Å². The van der Waals surface area contributed by atoms with Crippen molar-refractivity contribution < 1.29 is 9.21 Å². The van der Waals surface area contributed by atoms with Crippen LogP contribution in [0.1, 0.15) is 29.6 Å². The van der Waals surface area contributed by atoms with E-state index in [-0.39, 0.29) is 23.2 Å². The SMILES string of the molecule is CC(CCc1ccco1)NC(=O)c1nn(-c2ccccc2)c(=O)c2ccccc12. The number of para-hydroxylation sites is 1. The molecule has 0 aliphatic heterocycles. The number of nitrogens with zero attached hydrogens (tertiary/aromatic N) is 2. The summed E-state index contributed by atoms with van der Waals surface area (Å²) in [6.07, 6.45) is 3.10. The Morgan fingerprint density at radius 3 is 2.48 bits per heavy atom. The Bertz CT molecular complexity index is 1180. The highest BCUT2D eigenvalue weighted by Gasteiger charge is 2.19. The van der Waals surface area contributed by atoms with Crippen molar-refractivity contribution in [3.05, 3.63) is 94.8 Å². The average molecular weight is 387 g/mol. The molecule has 0 radical (unpaired) electrons. The van der Waals surface area contributed by atoms with Gasteiger partial charge in [0, 0.05) is 17.8 Å². The molecule has 4 rings (SSSR count). The molecule has 1 amide bonds. The Labute approximate surface area is 167 Å². The van der Waals surface area contributed by atoms with Crippen LogP contribution in [0.5, 0.6) is 0 Å². The lowest BCUT2D eigenvalue weighted by Gasteiger charge is -2.15. The monoisotopic (exact) mass is 387 g/mol. The van der Waals surface area contributed by atoms with E-state index in [2.05, 4.69) is 10.4 Å². The number of nitrogens with one attached hydrogen (secondary N) is 1. The standard InChI is InChI=1S/C23H21N3O3/c1-16(13-14-18-10-7-15-29-18)24-22(27)21-19-11-5-6-12-20(19)23(28)26(25-21)17-8-3-2-4-9-17/h2-12,15-16H,13-14H2,1H3,(H,24,27). The van der Waals surface area contributed by atoms with Gasteiger partial charge >= 0.3 is 0 Å². The van der Waals surface area contributed by atoms with Crippen molar-refractivity contribution in [3.8, 4) is 5.69 Å². The summed E-state index contributed by atoms with van der Waals surface area (Å²) in [5, 5.41) is 8.40. The minimum absolute atomic E-state index is 0.0785. The first-order valence-electron chi connectivity index (χ1n) is 9.54. The van der Waals surface area contributed by atoms with E-state index in [0.717, 1.165) is 18.6 Å². The van der Waals surface area contributed by atoms with E-state index in [4.69, 9.17) is 4.42 Å². The molecule has 0 saturated carbocycles. The predicted octanol–water partition coefficient (Wildman–Crippen LogP) is 3.73. The van der Waals surface area contributed by atoms with E-state index in [1.165, 1.54) is 4.68 Å². The van der Waals surface area contributed by atoms with Gasteiger partial charge in [0.05, 0.1) is 17.3 Å². The molecule has 0 fully saturated rings. The Balaban J connectivity index is 1.66. The lowest BCUT2D eigenvalue weighted by atomic mass is 10.1. The van der Waals surface area contributed by atoms with E-state index in [0.29, 0.717) is 16.5 Å². The van der Waals surface area contributed by atoms with Gasteiger partial charge in [0.2, 0.25) is 0 Å². The third-order valence-corrected chi connectivity index (χ3v) is 4.80. The molecule has 1 N–H and O–H groups in total. The maximum Gasteiger partial charge on any atom is 0.279 e. The van der Waals surface area contributed by atoms with Gasteiger partial charge in [0.1, 0.15) is 5.76 Å². The van der Waals surface area contributed by atoms with Crippen LogP contribution < -0.4 is 10.9 Å². The highest BCUT2D eigenvalue weighted by Crippen LogP contribution is 2.16. The maximum atomic E-state index is 13.0. The summed E-state index contributed by atoms with van der Waals surface area (Å²) < 4.78 is 6.63. The molecule has 29 heavy (non-hydrogen) atoms. The smallest absolute Gasteiger partial charge is 0.279 e. The largest absolute Gasteiger partial charge is 0.469 e. The average Bonchev–Trinajstić information content (AvgIpc) is 3.27. The molecule has 0 bridgehead atoms. The molecular formula is C23H21N3O3. The first kappa shape index (κ1) is 18.7. The number of fused-ring (bicyclic) bond motifs is 1. The third-order valence-electron chi connectivity index (χ3n) is 4.80. The molecule has 2 heterocycles. The fourth-order valence-corrected chi connectivity index (χ4v) is 3.28. The van der Waals surface area contributed by atoms with Crippen molar-refractivity contribution in [2.24, 2.45) is 0 Å². The molecule has 0 aliphatic carbocycles. The molecule has 4 aromatic rings. The van der Waals surface area contributed by atoms with Gasteiger partial charge in [0.25, 0.3) is 11.5 Å². The van der Waals surface area contributed by atoms with Crippen molar-refractivity contribution >= 4 is 16.7 Å². The number of carbonyl (C=O) groups excluding carboxylic acids is 1. The molecular weight excluding hydrogens is 366 g/mol. The molecule has 1 unspecified atom stereocenters. The summed E-state index contributed by atoms with van der Waals surface area (Å²) in [4.78, 5) is 25.9. The molecule has 2 aromatic carbocycles. The van der Waals surface area contributed by atoms with Crippen LogP contribution in [0, 0.1) is 0 Å². The quantitative estimate of drug-likeness (QED) is 0.547. The Kier molecular flexibility index (Phi) is 5.24. The van der Waals surface area contributed by atoms with Crippen LogP contribution in [0.25, 0.3) is 16.5 Å². The van der Waals surface area contributed by atoms with Crippen molar-refractivity contribution in [3.63, 3.8) is 0 Å². The predicted molar refractivity (Wildman–Crippen MR) is 111 cm³/mol. The lowest BCUT2D eigenvalue weighted by Crippen LogP contribution is -2.35. The summed E-state index contributed by atoms with van der Waals surface area (Å²) in [7, 11) is 0. The fourth-order valence-electron chi connectivity index (χ4n) is 3.28. The Hall–Kier alpha value is -3.67. The maximum absolute atomic E-state index is 13.0. The van der Waals surface area contributed by atoms with Crippen molar-refractivity contribution in [1.82, 2.24) is 15.1 Å². The van der Waals surface area contributed by atoms with E-state index in [9.17, 15) is 9.59 Å². The second kappa shape index (κ2) is 8.14. The number of hydrogen-bond acceptors (Lipinski definition) is 4. The molecule has 146 valence electrons. The zero-order valence-electron chi connectivity index (χ0n) is 16.0. The number of aromatic nitrogens is 2. The first-order chi connectivity index (χ1) is 14.1. The summed E-state index contributed by atoms with van der Waals surface area (Å²) in [6, 6.07) is 19.8. The van der Waals surface area contributed by atoms with E-state index in [1.807, 2.05) is 37.3 Å². The van der Waals surface area contributed by atoms with Crippen molar-refractivity contribution in [2.45, 2.75) is 25.8 Å². The van der Waals surface area contributed by atoms with Gasteiger partial charge in [-0.2, -0.15) is 9.78 Å². The van der Waals surface area contributed by atoms with Crippen LogP contribution in [0.4, 0.5) is 0 Å². The molecule has 0 saturated heterocycles. The topological polar surface area (TPSA) is 77.1 Å². The first-order valence-corrected chi connectivity index (χ1v) is 9.54. The zero-order chi connectivity index (χ0) is 20.2. The minimum atomic E-state index is -0.308. The molecule has 6 nitrogen and oxygen atoms in total. The summed E-state index contributed by atoms with van der Waals surface area (Å²) in [5.41, 5.74) is 0.589. The zero-order valence-corrected chi connectivity index (χ0v) is 16.0. The second-order valence-corrected chi connectivity index (χ2v) is 6.94. The molecule has 6 heteroatoms. The van der Waals surface area contributed by atoms with E-state index >= 15 is 0 Å². The van der Waals surface area contributed by atoms with Gasteiger partial charge in [-0.3, -0.25) is 9.59 Å². The van der Waals surface area contributed by atoms with Crippen LogP contribution in [-0.2, 0) is 6.42 Å². The second-order valence-electron chi connectivity index (χ2n) is 6.94. The van der Waals surface area contributed by atoms with Gasteiger partial charge in [-0.1, -0.05) is 36.4 Å². The molecule has 2 aromatic heterocycles. The number of benzene rings is 2. The molecule has 0 spiro atoms. The van der Waals surface area contributed by atoms with Gasteiger partial charge < -0.3 is 9.73 Å². The number of amides is 1.